The van der Waals surface area contributed by atoms with Gasteiger partial charge in [0.2, 0.25) is 10.0 Å². The first-order valence-corrected chi connectivity index (χ1v) is 7.82. The molecule has 0 fully saturated rings. The van der Waals surface area contributed by atoms with Crippen LogP contribution < -0.4 is 4.72 Å². The van der Waals surface area contributed by atoms with Crippen molar-refractivity contribution >= 4 is 10.0 Å². The lowest BCUT2D eigenvalue weighted by Crippen LogP contribution is -2.25. The first-order valence-electron chi connectivity index (χ1n) is 6.33. The minimum Gasteiger partial charge on any atom is -0.467 e. The zero-order chi connectivity index (χ0) is 14.3. The quantitative estimate of drug-likeness (QED) is 0.758. The van der Waals surface area contributed by atoms with Crippen LogP contribution in [0.2, 0.25) is 0 Å². The molecule has 2 aromatic rings. The van der Waals surface area contributed by atoms with Gasteiger partial charge < -0.3 is 9.15 Å². The Bertz CT molecular complexity index is 593. The van der Waals surface area contributed by atoms with Crippen LogP contribution in [0.4, 0.5) is 0 Å². The van der Waals surface area contributed by atoms with Crippen molar-refractivity contribution in [3.63, 3.8) is 0 Å². The smallest absolute Gasteiger partial charge is 0.240 e. The molecule has 5 nitrogen and oxygen atoms in total. The summed E-state index contributed by atoms with van der Waals surface area (Å²) in [6.07, 6.45) is 2.19. The third-order valence-electron chi connectivity index (χ3n) is 2.64. The number of furan rings is 1. The van der Waals surface area contributed by atoms with Gasteiger partial charge in [-0.2, -0.15) is 0 Å². The van der Waals surface area contributed by atoms with Crippen LogP contribution in [-0.4, -0.2) is 21.6 Å². The molecule has 0 spiro atoms. The molecule has 0 saturated heterocycles. The lowest BCUT2D eigenvalue weighted by Gasteiger charge is -2.06. The summed E-state index contributed by atoms with van der Waals surface area (Å²) in [6, 6.07) is 11.9. The number of nitrogens with one attached hydrogen (secondary N) is 1. The first-order chi connectivity index (χ1) is 9.68. The van der Waals surface area contributed by atoms with E-state index in [4.69, 9.17) is 9.15 Å². The van der Waals surface area contributed by atoms with Gasteiger partial charge in [0, 0.05) is 13.2 Å². The summed E-state index contributed by atoms with van der Waals surface area (Å²) in [7, 11) is -3.41. The van der Waals surface area contributed by atoms with E-state index in [1.807, 2.05) is 6.07 Å². The molecule has 108 valence electrons. The lowest BCUT2D eigenvalue weighted by molar-refractivity contribution is 0.105. The average Bonchev–Trinajstić information content (AvgIpc) is 2.97. The van der Waals surface area contributed by atoms with Crippen molar-refractivity contribution in [1.29, 1.82) is 0 Å². The highest BCUT2D eigenvalue weighted by molar-refractivity contribution is 7.89. The summed E-state index contributed by atoms with van der Waals surface area (Å²) in [5.41, 5.74) is 0. The second-order valence-corrected chi connectivity index (χ2v) is 5.96. The van der Waals surface area contributed by atoms with Gasteiger partial charge in [-0.05, 0) is 30.7 Å². The van der Waals surface area contributed by atoms with E-state index >= 15 is 0 Å². The molecule has 0 aliphatic heterocycles. The van der Waals surface area contributed by atoms with Gasteiger partial charge >= 0.3 is 0 Å². The largest absolute Gasteiger partial charge is 0.467 e. The Hall–Kier alpha value is -1.63. The van der Waals surface area contributed by atoms with Crippen LogP contribution in [-0.2, 0) is 21.4 Å². The fraction of sp³-hybridized carbons (Fsp3) is 0.286. The minimum absolute atomic E-state index is 0.275. The highest BCUT2D eigenvalue weighted by Crippen LogP contribution is 2.07. The highest BCUT2D eigenvalue weighted by atomic mass is 32.2. The Labute approximate surface area is 118 Å². The second kappa shape index (κ2) is 7.23. The molecule has 6 heteroatoms. The maximum Gasteiger partial charge on any atom is 0.240 e. The number of ether oxygens (including phenoxy) is 1. The topological polar surface area (TPSA) is 68.5 Å². The molecular weight excluding hydrogens is 278 g/mol. The summed E-state index contributed by atoms with van der Waals surface area (Å²) in [4.78, 5) is 0.275. The molecule has 1 heterocycles. The standard InChI is InChI=1S/C14H17NO4S/c16-20(17,14-7-2-1-3-8-14)15-9-5-10-18-12-13-6-4-11-19-13/h1-4,6-8,11,15H,5,9-10,12H2. The van der Waals surface area contributed by atoms with Crippen molar-refractivity contribution in [3.8, 4) is 0 Å². The van der Waals surface area contributed by atoms with Gasteiger partial charge in [-0.1, -0.05) is 18.2 Å². The van der Waals surface area contributed by atoms with Crippen molar-refractivity contribution in [3.05, 3.63) is 54.5 Å². The molecule has 0 radical (unpaired) electrons. The van der Waals surface area contributed by atoms with Crippen LogP contribution in [0.25, 0.3) is 0 Å². The van der Waals surface area contributed by atoms with Crippen LogP contribution in [0.3, 0.4) is 0 Å². The van der Waals surface area contributed by atoms with Crippen molar-refractivity contribution < 1.29 is 17.6 Å². The maximum absolute atomic E-state index is 11.9. The Morgan fingerprint density at radius 1 is 1.10 bits per heavy atom. The molecule has 0 aliphatic rings. The van der Waals surface area contributed by atoms with E-state index in [1.165, 1.54) is 0 Å². The molecule has 1 N–H and O–H groups in total. The molecule has 0 bridgehead atoms. The van der Waals surface area contributed by atoms with E-state index in [2.05, 4.69) is 4.72 Å². The van der Waals surface area contributed by atoms with Gasteiger partial charge in [0.25, 0.3) is 0 Å². The summed E-state index contributed by atoms with van der Waals surface area (Å²) in [5, 5.41) is 0. The average molecular weight is 295 g/mol. The molecule has 0 unspecified atom stereocenters. The molecule has 20 heavy (non-hydrogen) atoms. The van der Waals surface area contributed by atoms with Crippen molar-refractivity contribution in [2.45, 2.75) is 17.9 Å². The Morgan fingerprint density at radius 3 is 2.60 bits per heavy atom. The van der Waals surface area contributed by atoms with Gasteiger partial charge in [-0.15, -0.1) is 0 Å². The van der Waals surface area contributed by atoms with Crippen LogP contribution in [0.1, 0.15) is 12.2 Å². The normalized spacial score (nSPS) is 11.6. The molecule has 0 saturated carbocycles. The molecule has 0 atom stereocenters. The number of benzene rings is 1. The van der Waals surface area contributed by atoms with Crippen molar-refractivity contribution in [1.82, 2.24) is 4.72 Å². The predicted octanol–water partition coefficient (Wildman–Crippen LogP) is 2.16. The van der Waals surface area contributed by atoms with E-state index < -0.39 is 10.0 Å². The van der Waals surface area contributed by atoms with E-state index in [1.54, 1.807) is 42.7 Å². The maximum atomic E-state index is 11.9. The first kappa shape index (κ1) is 14.8. The SMILES string of the molecule is O=S(=O)(NCCCOCc1ccco1)c1ccccc1. The summed E-state index contributed by atoms with van der Waals surface area (Å²) in [5.74, 6) is 0.759. The van der Waals surface area contributed by atoms with Gasteiger partial charge in [-0.3, -0.25) is 0 Å². The second-order valence-electron chi connectivity index (χ2n) is 4.20. The number of hydrogen-bond acceptors (Lipinski definition) is 4. The molecular formula is C14H17NO4S. The molecule has 0 aliphatic carbocycles. The summed E-state index contributed by atoms with van der Waals surface area (Å²) in [6.45, 7) is 1.21. The minimum atomic E-state index is -3.41. The fourth-order valence-corrected chi connectivity index (χ4v) is 2.73. The van der Waals surface area contributed by atoms with Crippen LogP contribution in [0, 0.1) is 0 Å². The number of sulfonamides is 1. The van der Waals surface area contributed by atoms with Gasteiger partial charge in [0.05, 0.1) is 11.2 Å². The van der Waals surface area contributed by atoms with E-state index in [0.29, 0.717) is 26.2 Å². The van der Waals surface area contributed by atoms with E-state index in [-0.39, 0.29) is 4.90 Å². The Kier molecular flexibility index (Phi) is 5.34. The fourth-order valence-electron chi connectivity index (χ4n) is 1.63. The molecule has 1 aromatic carbocycles. The van der Waals surface area contributed by atoms with E-state index in [0.717, 1.165) is 5.76 Å². The van der Waals surface area contributed by atoms with Crippen LogP contribution in [0.5, 0.6) is 0 Å². The Morgan fingerprint density at radius 2 is 1.90 bits per heavy atom. The van der Waals surface area contributed by atoms with Gasteiger partial charge in [-0.25, -0.2) is 13.1 Å². The predicted molar refractivity (Wildman–Crippen MR) is 74.6 cm³/mol. The van der Waals surface area contributed by atoms with Gasteiger partial charge in [0.1, 0.15) is 12.4 Å². The number of rotatable bonds is 8. The molecule has 0 amide bonds. The van der Waals surface area contributed by atoms with Crippen LogP contribution >= 0.6 is 0 Å². The third kappa shape index (κ3) is 4.48. The Balaban J connectivity index is 1.66. The van der Waals surface area contributed by atoms with Crippen LogP contribution in [0.15, 0.2) is 58.0 Å². The van der Waals surface area contributed by atoms with Crippen molar-refractivity contribution in [2.24, 2.45) is 0 Å². The molecule has 1 aromatic heterocycles. The van der Waals surface area contributed by atoms with Crippen molar-refractivity contribution in [2.75, 3.05) is 13.2 Å². The highest BCUT2D eigenvalue weighted by Gasteiger charge is 2.11. The third-order valence-corrected chi connectivity index (χ3v) is 4.11. The number of hydrogen-bond donors (Lipinski definition) is 1. The molecule has 2 rings (SSSR count). The summed E-state index contributed by atoms with van der Waals surface area (Å²) < 4.78 is 36.8. The summed E-state index contributed by atoms with van der Waals surface area (Å²) >= 11 is 0. The lowest BCUT2D eigenvalue weighted by atomic mass is 10.4. The zero-order valence-corrected chi connectivity index (χ0v) is 11.8. The van der Waals surface area contributed by atoms with Gasteiger partial charge in [0.15, 0.2) is 0 Å². The van der Waals surface area contributed by atoms with E-state index in [9.17, 15) is 8.42 Å². The monoisotopic (exact) mass is 295 g/mol. The zero-order valence-electron chi connectivity index (χ0n) is 11.0.